The molecule has 0 saturated carbocycles. The third-order valence-corrected chi connectivity index (χ3v) is 3.72. The molecule has 1 nitrogen and oxygen atoms in total. The van der Waals surface area contributed by atoms with Gasteiger partial charge < -0.3 is 4.74 Å². The number of halogens is 2. The van der Waals surface area contributed by atoms with E-state index in [-0.39, 0.29) is 5.82 Å². The van der Waals surface area contributed by atoms with E-state index in [1.807, 2.05) is 12.1 Å². The highest BCUT2D eigenvalue weighted by Crippen LogP contribution is 2.32. The molecule has 0 radical (unpaired) electrons. The van der Waals surface area contributed by atoms with Crippen molar-refractivity contribution >= 4 is 11.6 Å². The molecule has 21 heavy (non-hydrogen) atoms. The molecule has 0 heterocycles. The molecule has 0 aliphatic rings. The van der Waals surface area contributed by atoms with E-state index in [1.54, 1.807) is 19.2 Å². The average molecular weight is 307 g/mol. The monoisotopic (exact) mass is 306 g/mol. The molecule has 2 rings (SSSR count). The minimum atomic E-state index is -0.237. The fraction of sp³-hybridized carbons (Fsp3) is 0.333. The number of benzene rings is 2. The summed E-state index contributed by atoms with van der Waals surface area (Å²) >= 11 is 5.92. The second-order valence-corrected chi connectivity index (χ2v) is 5.84. The van der Waals surface area contributed by atoms with Crippen molar-refractivity contribution < 1.29 is 9.13 Å². The normalized spacial score (nSPS) is 11.0. The van der Waals surface area contributed by atoms with Crippen molar-refractivity contribution in [2.75, 3.05) is 7.11 Å². The van der Waals surface area contributed by atoms with E-state index in [9.17, 15) is 4.39 Å². The van der Waals surface area contributed by atoms with E-state index in [0.29, 0.717) is 23.1 Å². The molecule has 112 valence electrons. The first-order chi connectivity index (χ1) is 10.0. The zero-order chi connectivity index (χ0) is 15.4. The van der Waals surface area contributed by atoms with Gasteiger partial charge in [0.2, 0.25) is 0 Å². The van der Waals surface area contributed by atoms with Gasteiger partial charge in [0.15, 0.2) is 0 Å². The lowest BCUT2D eigenvalue weighted by atomic mass is 9.92. The van der Waals surface area contributed by atoms with Crippen LogP contribution in [0.4, 0.5) is 4.39 Å². The molecule has 0 N–H and O–H groups in total. The molecular weight excluding hydrogens is 287 g/mol. The van der Waals surface area contributed by atoms with Gasteiger partial charge in [0.25, 0.3) is 0 Å². The number of hydrogen-bond acceptors (Lipinski definition) is 1. The summed E-state index contributed by atoms with van der Waals surface area (Å²) < 4.78 is 19.4. The Balaban J connectivity index is 2.56. The van der Waals surface area contributed by atoms with Gasteiger partial charge in [-0.1, -0.05) is 32.0 Å². The molecule has 0 aromatic heterocycles. The van der Waals surface area contributed by atoms with Crippen LogP contribution in [-0.2, 0) is 12.3 Å². The van der Waals surface area contributed by atoms with E-state index in [1.165, 1.54) is 6.07 Å². The third kappa shape index (κ3) is 3.76. The SMILES string of the molecule is COc1ccc(F)c(-c2ccc(CCl)cc2CC(C)C)c1. The summed E-state index contributed by atoms with van der Waals surface area (Å²) in [4.78, 5) is 0. The quantitative estimate of drug-likeness (QED) is 0.668. The molecule has 0 amide bonds. The predicted octanol–water partition coefficient (Wildman–Crippen LogP) is 5.44. The Labute approximate surface area is 130 Å². The minimum Gasteiger partial charge on any atom is -0.497 e. The van der Waals surface area contributed by atoms with Crippen LogP contribution >= 0.6 is 11.6 Å². The van der Waals surface area contributed by atoms with Gasteiger partial charge in [-0.25, -0.2) is 4.39 Å². The molecule has 0 fully saturated rings. The highest BCUT2D eigenvalue weighted by atomic mass is 35.5. The van der Waals surface area contributed by atoms with E-state index in [2.05, 4.69) is 19.9 Å². The highest BCUT2D eigenvalue weighted by molar-refractivity contribution is 6.17. The van der Waals surface area contributed by atoms with Crippen molar-refractivity contribution in [2.24, 2.45) is 5.92 Å². The smallest absolute Gasteiger partial charge is 0.131 e. The molecule has 0 atom stereocenters. The molecule has 2 aromatic rings. The number of rotatable bonds is 5. The van der Waals surface area contributed by atoms with Crippen LogP contribution in [0.25, 0.3) is 11.1 Å². The van der Waals surface area contributed by atoms with Gasteiger partial charge in [0.1, 0.15) is 11.6 Å². The molecule has 0 aliphatic carbocycles. The predicted molar refractivity (Wildman–Crippen MR) is 86.5 cm³/mol. The zero-order valence-corrected chi connectivity index (χ0v) is 13.4. The summed E-state index contributed by atoms with van der Waals surface area (Å²) in [5.74, 6) is 1.37. The Kier molecular flexibility index (Phi) is 5.24. The van der Waals surface area contributed by atoms with Gasteiger partial charge in [0.05, 0.1) is 7.11 Å². The van der Waals surface area contributed by atoms with Crippen LogP contribution in [0.3, 0.4) is 0 Å². The fourth-order valence-corrected chi connectivity index (χ4v) is 2.61. The Hall–Kier alpha value is -1.54. The first-order valence-corrected chi connectivity index (χ1v) is 7.60. The Bertz CT molecular complexity index is 623. The van der Waals surface area contributed by atoms with Gasteiger partial charge in [-0.2, -0.15) is 0 Å². The Morgan fingerprint density at radius 3 is 2.48 bits per heavy atom. The average Bonchev–Trinajstić information content (AvgIpc) is 2.47. The van der Waals surface area contributed by atoms with Gasteiger partial charge in [-0.05, 0) is 47.2 Å². The lowest BCUT2D eigenvalue weighted by Crippen LogP contribution is -1.99. The number of hydrogen-bond donors (Lipinski definition) is 0. The van der Waals surface area contributed by atoms with Crippen LogP contribution in [0.15, 0.2) is 36.4 Å². The molecular formula is C18H20ClFO. The zero-order valence-electron chi connectivity index (χ0n) is 12.6. The lowest BCUT2D eigenvalue weighted by molar-refractivity contribution is 0.414. The van der Waals surface area contributed by atoms with Crippen LogP contribution in [0.5, 0.6) is 5.75 Å². The molecule has 0 unspecified atom stereocenters. The van der Waals surface area contributed by atoms with Crippen molar-refractivity contribution in [2.45, 2.75) is 26.1 Å². The highest BCUT2D eigenvalue weighted by Gasteiger charge is 2.13. The fourth-order valence-electron chi connectivity index (χ4n) is 2.44. The van der Waals surface area contributed by atoms with Crippen LogP contribution in [0.1, 0.15) is 25.0 Å². The van der Waals surface area contributed by atoms with E-state index in [4.69, 9.17) is 16.3 Å². The van der Waals surface area contributed by atoms with Gasteiger partial charge in [-0.3, -0.25) is 0 Å². The summed E-state index contributed by atoms with van der Waals surface area (Å²) in [7, 11) is 1.59. The van der Waals surface area contributed by atoms with Crippen LogP contribution in [0, 0.1) is 11.7 Å². The molecule has 0 aliphatic heterocycles. The summed E-state index contributed by atoms with van der Waals surface area (Å²) in [5, 5.41) is 0. The van der Waals surface area contributed by atoms with Crippen molar-refractivity contribution in [3.8, 4) is 16.9 Å². The minimum absolute atomic E-state index is 0.237. The maximum absolute atomic E-state index is 14.2. The maximum Gasteiger partial charge on any atom is 0.131 e. The molecule has 0 bridgehead atoms. The van der Waals surface area contributed by atoms with Crippen molar-refractivity contribution in [3.05, 3.63) is 53.3 Å². The van der Waals surface area contributed by atoms with E-state index in [0.717, 1.165) is 23.1 Å². The topological polar surface area (TPSA) is 9.23 Å². The van der Waals surface area contributed by atoms with Gasteiger partial charge in [0, 0.05) is 11.4 Å². The number of methoxy groups -OCH3 is 1. The first kappa shape index (κ1) is 15.8. The maximum atomic E-state index is 14.2. The lowest BCUT2D eigenvalue weighted by Gasteiger charge is -2.15. The molecule has 2 aromatic carbocycles. The third-order valence-electron chi connectivity index (χ3n) is 3.42. The summed E-state index contributed by atoms with van der Waals surface area (Å²) in [6.07, 6.45) is 0.886. The van der Waals surface area contributed by atoms with Gasteiger partial charge in [-0.15, -0.1) is 11.6 Å². The van der Waals surface area contributed by atoms with Crippen LogP contribution in [0.2, 0.25) is 0 Å². The largest absolute Gasteiger partial charge is 0.497 e. The standard InChI is InChI=1S/C18H20ClFO/c1-12(2)8-14-9-13(11-19)4-6-16(14)17-10-15(21-3)5-7-18(17)20/h4-7,9-10,12H,8,11H2,1-3H3. The Morgan fingerprint density at radius 1 is 1.10 bits per heavy atom. The molecule has 0 spiro atoms. The van der Waals surface area contributed by atoms with E-state index >= 15 is 0 Å². The van der Waals surface area contributed by atoms with Crippen LogP contribution < -0.4 is 4.74 Å². The number of ether oxygens (including phenoxy) is 1. The first-order valence-electron chi connectivity index (χ1n) is 7.06. The van der Waals surface area contributed by atoms with Gasteiger partial charge >= 0.3 is 0 Å². The van der Waals surface area contributed by atoms with Crippen molar-refractivity contribution in [1.82, 2.24) is 0 Å². The van der Waals surface area contributed by atoms with Crippen molar-refractivity contribution in [1.29, 1.82) is 0 Å². The summed E-state index contributed by atoms with van der Waals surface area (Å²) in [6.45, 7) is 4.30. The Morgan fingerprint density at radius 2 is 1.86 bits per heavy atom. The molecule has 0 saturated heterocycles. The van der Waals surface area contributed by atoms with Crippen molar-refractivity contribution in [3.63, 3.8) is 0 Å². The summed E-state index contributed by atoms with van der Waals surface area (Å²) in [6, 6.07) is 10.8. The van der Waals surface area contributed by atoms with E-state index < -0.39 is 0 Å². The molecule has 3 heteroatoms. The number of alkyl halides is 1. The summed E-state index contributed by atoms with van der Waals surface area (Å²) in [5.41, 5.74) is 3.66. The second kappa shape index (κ2) is 6.95. The van der Waals surface area contributed by atoms with Crippen LogP contribution in [-0.4, -0.2) is 7.11 Å². The second-order valence-electron chi connectivity index (χ2n) is 5.57.